The Morgan fingerprint density at radius 1 is 1.24 bits per heavy atom. The Kier molecular flexibility index (Phi) is 3.98. The molecule has 4 nitrogen and oxygen atoms in total. The van der Waals surface area contributed by atoms with Gasteiger partial charge in [0.25, 0.3) is 0 Å². The van der Waals surface area contributed by atoms with Crippen LogP contribution in [0, 0.1) is 5.82 Å². The molecular weight excluding hydrogens is 341 g/mol. The van der Waals surface area contributed by atoms with Gasteiger partial charge in [-0.2, -0.15) is 0 Å². The Hall–Kier alpha value is -1.79. The zero-order valence-electron chi connectivity index (χ0n) is 11.1. The number of anilines is 1. The van der Waals surface area contributed by atoms with Crippen molar-refractivity contribution in [2.45, 2.75) is 13.2 Å². The number of ether oxygens (including phenoxy) is 3. The topological polar surface area (TPSA) is 53.7 Å². The molecule has 0 saturated heterocycles. The van der Waals surface area contributed by atoms with E-state index in [1.807, 2.05) is 6.07 Å². The second-order valence-corrected chi connectivity index (χ2v) is 5.59. The number of halogens is 2. The Bertz CT molecular complexity index is 658. The van der Waals surface area contributed by atoms with Crippen molar-refractivity contribution < 1.29 is 18.6 Å². The van der Waals surface area contributed by atoms with Gasteiger partial charge in [0.15, 0.2) is 6.79 Å². The molecule has 0 bridgehead atoms. The fraction of sp³-hybridized carbons (Fsp3) is 0.200. The van der Waals surface area contributed by atoms with E-state index in [1.165, 1.54) is 12.1 Å². The van der Waals surface area contributed by atoms with Gasteiger partial charge in [0.05, 0.1) is 6.61 Å². The number of nitrogens with two attached hydrogens (primary N) is 1. The van der Waals surface area contributed by atoms with Gasteiger partial charge in [-0.15, -0.1) is 0 Å². The fourth-order valence-corrected chi connectivity index (χ4v) is 2.65. The molecule has 0 spiro atoms. The van der Waals surface area contributed by atoms with E-state index in [4.69, 9.17) is 19.9 Å². The normalized spacial score (nSPS) is 13.4. The summed E-state index contributed by atoms with van der Waals surface area (Å²) in [6.07, 6.45) is 0. The third kappa shape index (κ3) is 3.28. The third-order valence-corrected chi connectivity index (χ3v) is 3.50. The monoisotopic (exact) mass is 353 g/mol. The molecule has 0 atom stereocenters. The fourth-order valence-electron chi connectivity index (χ4n) is 2.21. The minimum atomic E-state index is -0.362. The molecule has 0 saturated carbocycles. The molecule has 21 heavy (non-hydrogen) atoms. The van der Waals surface area contributed by atoms with Gasteiger partial charge < -0.3 is 19.9 Å². The highest BCUT2D eigenvalue weighted by molar-refractivity contribution is 9.10. The zero-order chi connectivity index (χ0) is 14.8. The standard InChI is InChI=1S/C15H13BrFNO3/c16-11-3-12(17)5-14(4-11)20-7-10-2-13(18)1-9-6-19-8-21-15(9)10/h1-5H,6-8,18H2. The number of hydrogen-bond donors (Lipinski definition) is 1. The molecule has 0 unspecified atom stereocenters. The third-order valence-electron chi connectivity index (χ3n) is 3.04. The first-order chi connectivity index (χ1) is 10.1. The Labute approximate surface area is 129 Å². The van der Waals surface area contributed by atoms with E-state index in [2.05, 4.69) is 15.9 Å². The van der Waals surface area contributed by atoms with E-state index in [0.29, 0.717) is 22.5 Å². The quantitative estimate of drug-likeness (QED) is 0.856. The number of rotatable bonds is 3. The predicted octanol–water partition coefficient (Wildman–Crippen LogP) is 3.62. The summed E-state index contributed by atoms with van der Waals surface area (Å²) in [5.41, 5.74) is 8.18. The zero-order valence-corrected chi connectivity index (χ0v) is 12.7. The molecule has 2 N–H and O–H groups in total. The maximum absolute atomic E-state index is 13.3. The Balaban J connectivity index is 1.83. The van der Waals surface area contributed by atoms with Crippen molar-refractivity contribution >= 4 is 21.6 Å². The molecule has 1 aliphatic rings. The summed E-state index contributed by atoms with van der Waals surface area (Å²) in [7, 11) is 0. The van der Waals surface area contributed by atoms with E-state index >= 15 is 0 Å². The van der Waals surface area contributed by atoms with Crippen molar-refractivity contribution in [1.82, 2.24) is 0 Å². The van der Waals surface area contributed by atoms with Gasteiger partial charge in [-0.1, -0.05) is 15.9 Å². The molecule has 0 radical (unpaired) electrons. The summed E-state index contributed by atoms with van der Waals surface area (Å²) in [4.78, 5) is 0. The van der Waals surface area contributed by atoms with Crippen molar-refractivity contribution in [3.8, 4) is 11.5 Å². The molecule has 2 aromatic carbocycles. The second-order valence-electron chi connectivity index (χ2n) is 4.67. The van der Waals surface area contributed by atoms with Gasteiger partial charge >= 0.3 is 0 Å². The number of nitrogen functional groups attached to an aromatic ring is 1. The number of benzene rings is 2. The van der Waals surface area contributed by atoms with E-state index in [-0.39, 0.29) is 19.2 Å². The summed E-state index contributed by atoms with van der Waals surface area (Å²) in [6.45, 7) is 0.900. The van der Waals surface area contributed by atoms with Gasteiger partial charge in [0.1, 0.15) is 23.9 Å². The van der Waals surface area contributed by atoms with Crippen molar-refractivity contribution in [3.05, 3.63) is 51.7 Å². The summed E-state index contributed by atoms with van der Waals surface area (Å²) >= 11 is 3.23. The lowest BCUT2D eigenvalue weighted by molar-refractivity contribution is -0.0175. The second kappa shape index (κ2) is 5.91. The number of hydrogen-bond acceptors (Lipinski definition) is 4. The van der Waals surface area contributed by atoms with E-state index < -0.39 is 0 Å². The molecule has 1 aliphatic heterocycles. The molecule has 0 amide bonds. The number of fused-ring (bicyclic) bond motifs is 1. The van der Waals surface area contributed by atoms with Gasteiger partial charge in [0, 0.05) is 27.4 Å². The van der Waals surface area contributed by atoms with Crippen LogP contribution in [0.1, 0.15) is 11.1 Å². The highest BCUT2D eigenvalue weighted by atomic mass is 79.9. The summed E-state index contributed by atoms with van der Waals surface area (Å²) < 4.78 is 30.3. The Morgan fingerprint density at radius 3 is 2.90 bits per heavy atom. The molecule has 6 heteroatoms. The van der Waals surface area contributed by atoms with Crippen LogP contribution in [-0.2, 0) is 18.0 Å². The minimum absolute atomic E-state index is 0.204. The van der Waals surface area contributed by atoms with Crippen molar-refractivity contribution in [2.75, 3.05) is 12.5 Å². The van der Waals surface area contributed by atoms with Crippen molar-refractivity contribution in [2.24, 2.45) is 0 Å². The van der Waals surface area contributed by atoms with Crippen molar-refractivity contribution in [3.63, 3.8) is 0 Å². The van der Waals surface area contributed by atoms with Gasteiger partial charge in [0.2, 0.25) is 0 Å². The molecule has 0 aromatic heterocycles. The first kappa shape index (κ1) is 14.2. The SMILES string of the molecule is Nc1cc2c(c(COc3cc(F)cc(Br)c3)c1)OCOC2. The summed E-state index contributed by atoms with van der Waals surface area (Å²) in [6, 6.07) is 8.00. The van der Waals surface area contributed by atoms with E-state index in [1.54, 1.807) is 12.1 Å². The first-order valence-electron chi connectivity index (χ1n) is 6.32. The van der Waals surface area contributed by atoms with Crippen LogP contribution in [0.3, 0.4) is 0 Å². The first-order valence-corrected chi connectivity index (χ1v) is 7.12. The molecule has 3 rings (SSSR count). The van der Waals surface area contributed by atoms with Crippen molar-refractivity contribution in [1.29, 1.82) is 0 Å². The van der Waals surface area contributed by atoms with Gasteiger partial charge in [-0.05, 0) is 24.3 Å². The molecule has 0 fully saturated rings. The highest BCUT2D eigenvalue weighted by Crippen LogP contribution is 2.32. The van der Waals surface area contributed by atoms with Crippen LogP contribution in [0.25, 0.3) is 0 Å². The summed E-state index contributed by atoms with van der Waals surface area (Å²) in [5, 5.41) is 0. The predicted molar refractivity (Wildman–Crippen MR) is 79.6 cm³/mol. The van der Waals surface area contributed by atoms with Crippen LogP contribution in [0.4, 0.5) is 10.1 Å². The largest absolute Gasteiger partial charge is 0.489 e. The molecule has 0 aliphatic carbocycles. The van der Waals surface area contributed by atoms with Crippen LogP contribution < -0.4 is 15.2 Å². The maximum Gasteiger partial charge on any atom is 0.189 e. The average molecular weight is 354 g/mol. The molecule has 110 valence electrons. The highest BCUT2D eigenvalue weighted by Gasteiger charge is 2.16. The lowest BCUT2D eigenvalue weighted by atomic mass is 10.1. The maximum atomic E-state index is 13.3. The van der Waals surface area contributed by atoms with Crippen LogP contribution in [0.2, 0.25) is 0 Å². The van der Waals surface area contributed by atoms with Gasteiger partial charge in [-0.3, -0.25) is 0 Å². The van der Waals surface area contributed by atoms with Crippen LogP contribution in [0.5, 0.6) is 11.5 Å². The minimum Gasteiger partial charge on any atom is -0.489 e. The van der Waals surface area contributed by atoms with E-state index in [9.17, 15) is 4.39 Å². The average Bonchev–Trinajstić information content (AvgIpc) is 2.43. The molecule has 1 heterocycles. The molecule has 2 aromatic rings. The van der Waals surface area contributed by atoms with E-state index in [0.717, 1.165) is 16.9 Å². The van der Waals surface area contributed by atoms with Gasteiger partial charge in [-0.25, -0.2) is 4.39 Å². The van der Waals surface area contributed by atoms with Crippen LogP contribution in [-0.4, -0.2) is 6.79 Å². The summed E-state index contributed by atoms with van der Waals surface area (Å²) in [5.74, 6) is 0.801. The lowest BCUT2D eigenvalue weighted by Gasteiger charge is -2.21. The Morgan fingerprint density at radius 2 is 2.10 bits per heavy atom. The smallest absolute Gasteiger partial charge is 0.189 e. The molecular formula is C15H13BrFNO3. The van der Waals surface area contributed by atoms with Crippen LogP contribution in [0.15, 0.2) is 34.8 Å². The van der Waals surface area contributed by atoms with Crippen LogP contribution >= 0.6 is 15.9 Å². The lowest BCUT2D eigenvalue weighted by Crippen LogP contribution is -2.14.